The molecule has 1 heterocycles. The molecule has 1 aromatic rings. The molecule has 0 unspecified atom stereocenters. The van der Waals surface area contributed by atoms with Gasteiger partial charge in [-0.3, -0.25) is 0 Å². The first-order valence-electron chi connectivity index (χ1n) is 8.56. The Kier molecular flexibility index (Phi) is 8.48. The number of hydrogen-bond donors (Lipinski definition) is 0. The zero-order valence-electron chi connectivity index (χ0n) is 15.4. The van der Waals surface area contributed by atoms with Gasteiger partial charge in [-0.2, -0.15) is 13.2 Å². The van der Waals surface area contributed by atoms with Crippen LogP contribution in [0.25, 0.3) is 0 Å². The molecule has 0 N–H and O–H groups in total. The molecule has 1 aromatic carbocycles. The van der Waals surface area contributed by atoms with Crippen LogP contribution in [0.1, 0.15) is 52.0 Å². The van der Waals surface area contributed by atoms with Gasteiger partial charge in [0.2, 0.25) is 0 Å². The largest absolute Gasteiger partial charge is 0.748 e. The van der Waals surface area contributed by atoms with Crippen LogP contribution >= 0.6 is 0 Å². The van der Waals surface area contributed by atoms with E-state index in [4.69, 9.17) is 0 Å². The maximum Gasteiger partial charge on any atom is 0.389 e. The molecule has 3 nitrogen and oxygen atoms in total. The second-order valence-electron chi connectivity index (χ2n) is 7.36. The molecule has 8 heteroatoms. The summed E-state index contributed by atoms with van der Waals surface area (Å²) in [6, 6.07) is 9.35. The predicted molar refractivity (Wildman–Crippen MR) is 99.6 cm³/mol. The van der Waals surface area contributed by atoms with Crippen molar-refractivity contribution in [1.29, 1.82) is 0 Å². The van der Waals surface area contributed by atoms with E-state index >= 15 is 0 Å². The zero-order valence-corrected chi connectivity index (χ0v) is 17.1. The van der Waals surface area contributed by atoms with Gasteiger partial charge in [0, 0.05) is 23.1 Å². The maximum atomic E-state index is 11.3. The molecule has 0 atom stereocenters. The van der Waals surface area contributed by atoms with Crippen molar-refractivity contribution in [3.8, 4) is 0 Å². The second kappa shape index (κ2) is 9.46. The summed E-state index contributed by atoms with van der Waals surface area (Å²) >= 11 is 0. The fourth-order valence-corrected chi connectivity index (χ4v) is 5.29. The Labute approximate surface area is 157 Å². The molecule has 1 saturated heterocycles. The highest BCUT2D eigenvalue weighted by Crippen LogP contribution is 2.27. The molecular formula is C18H27F3O3S2. The number of benzene rings is 1. The monoisotopic (exact) mass is 412 g/mol. The van der Waals surface area contributed by atoms with E-state index in [2.05, 4.69) is 45.0 Å². The predicted octanol–water partition coefficient (Wildman–Crippen LogP) is 4.63. The average molecular weight is 413 g/mol. The summed E-state index contributed by atoms with van der Waals surface area (Å²) in [5, 5.41) is 0. The molecular weight excluding hydrogens is 385 g/mol. The third kappa shape index (κ3) is 9.83. The molecule has 150 valence electrons. The van der Waals surface area contributed by atoms with Gasteiger partial charge in [-0.1, -0.05) is 32.9 Å². The van der Waals surface area contributed by atoms with E-state index in [9.17, 15) is 26.1 Å². The van der Waals surface area contributed by atoms with Crippen molar-refractivity contribution in [2.45, 2.75) is 62.9 Å². The lowest BCUT2D eigenvalue weighted by molar-refractivity contribution is -0.134. The van der Waals surface area contributed by atoms with E-state index in [0.29, 0.717) is 10.9 Å². The summed E-state index contributed by atoms with van der Waals surface area (Å²) < 4.78 is 63.4. The van der Waals surface area contributed by atoms with Gasteiger partial charge in [0.1, 0.15) is 11.5 Å². The van der Waals surface area contributed by atoms with Gasteiger partial charge < -0.3 is 4.55 Å². The highest BCUT2D eigenvalue weighted by molar-refractivity contribution is 7.97. The van der Waals surface area contributed by atoms with Crippen LogP contribution in [0, 0.1) is 0 Å². The van der Waals surface area contributed by atoms with Crippen molar-refractivity contribution in [3.63, 3.8) is 0 Å². The number of halogens is 3. The molecule has 26 heavy (non-hydrogen) atoms. The minimum absolute atomic E-state index is 0.289. The zero-order chi connectivity index (χ0) is 20.0. The minimum atomic E-state index is -4.50. The molecule has 2 rings (SSSR count). The van der Waals surface area contributed by atoms with Crippen molar-refractivity contribution >= 4 is 21.0 Å². The minimum Gasteiger partial charge on any atom is -0.748 e. The Bertz CT molecular complexity index is 642. The van der Waals surface area contributed by atoms with Crippen LogP contribution in [0.3, 0.4) is 0 Å². The van der Waals surface area contributed by atoms with Crippen molar-refractivity contribution in [2.24, 2.45) is 0 Å². The summed E-state index contributed by atoms with van der Waals surface area (Å²) in [5.74, 6) is 1.90. The van der Waals surface area contributed by atoms with E-state index in [-0.39, 0.29) is 5.41 Å². The Morgan fingerprint density at radius 2 is 1.54 bits per heavy atom. The second-order valence-corrected chi connectivity index (χ2v) is 11.2. The molecule has 0 amide bonds. The van der Waals surface area contributed by atoms with Crippen LogP contribution < -0.4 is 0 Å². The van der Waals surface area contributed by atoms with Crippen molar-refractivity contribution in [3.05, 3.63) is 29.8 Å². The van der Waals surface area contributed by atoms with Crippen LogP contribution in [0.15, 0.2) is 29.2 Å². The highest BCUT2D eigenvalue weighted by Gasteiger charge is 2.27. The first-order valence-corrected chi connectivity index (χ1v) is 11.7. The highest BCUT2D eigenvalue weighted by atomic mass is 32.2. The molecule has 1 aliphatic rings. The number of rotatable bonds is 4. The van der Waals surface area contributed by atoms with Gasteiger partial charge in [-0.25, -0.2) is 8.42 Å². The summed E-state index contributed by atoms with van der Waals surface area (Å²) in [5.41, 5.74) is 1.74. The van der Waals surface area contributed by atoms with Gasteiger partial charge in [-0.15, -0.1) is 0 Å². The first-order chi connectivity index (χ1) is 11.8. The van der Waals surface area contributed by atoms with Crippen molar-refractivity contribution in [1.82, 2.24) is 0 Å². The topological polar surface area (TPSA) is 57.2 Å². The number of alkyl halides is 3. The van der Waals surface area contributed by atoms with Gasteiger partial charge in [-0.05, 0) is 42.4 Å². The Morgan fingerprint density at radius 3 is 1.92 bits per heavy atom. The summed E-state index contributed by atoms with van der Waals surface area (Å²) in [6.07, 6.45) is -3.40. The molecule has 0 aromatic heterocycles. The lowest BCUT2D eigenvalue weighted by Gasteiger charge is -2.18. The standard InChI is InChI=1S/C14H21S.C4H7F3O3S/c1-14(2,3)12-6-8-13(9-7-12)15-10-4-5-11-15;5-4(6,7)2-1-3-11(8,9)10/h6-9H,4-5,10-11H2,1-3H3;1-3H2,(H,8,9,10)/q+1;/p-1. The third-order valence-electron chi connectivity index (χ3n) is 3.94. The summed E-state index contributed by atoms with van der Waals surface area (Å²) in [4.78, 5) is 1.58. The Hall–Kier alpha value is -0.730. The van der Waals surface area contributed by atoms with Crippen molar-refractivity contribution in [2.75, 3.05) is 17.3 Å². The van der Waals surface area contributed by atoms with Crippen LogP contribution in [0.4, 0.5) is 13.2 Å². The van der Waals surface area contributed by atoms with Gasteiger partial charge in [0.15, 0.2) is 4.90 Å². The molecule has 1 fully saturated rings. The van der Waals surface area contributed by atoms with E-state index < -0.39 is 34.9 Å². The van der Waals surface area contributed by atoms with E-state index in [1.807, 2.05) is 0 Å². The number of hydrogen-bond acceptors (Lipinski definition) is 3. The molecule has 0 bridgehead atoms. The summed E-state index contributed by atoms with van der Waals surface area (Å²) in [6.45, 7) is 6.83. The molecule has 1 aliphatic heterocycles. The third-order valence-corrected chi connectivity index (χ3v) is 7.23. The molecule has 0 spiro atoms. The lowest BCUT2D eigenvalue weighted by Crippen LogP contribution is -2.11. The Morgan fingerprint density at radius 1 is 1.04 bits per heavy atom. The first kappa shape index (κ1) is 23.3. The molecule has 0 saturated carbocycles. The summed E-state index contributed by atoms with van der Waals surface area (Å²) in [7, 11) is -3.92. The fraction of sp³-hybridized carbons (Fsp3) is 0.667. The Balaban J connectivity index is 0.000000276. The van der Waals surface area contributed by atoms with Crippen LogP contribution in [0.5, 0.6) is 0 Å². The van der Waals surface area contributed by atoms with E-state index in [1.54, 1.807) is 4.90 Å². The maximum absolute atomic E-state index is 11.3. The smallest absolute Gasteiger partial charge is 0.389 e. The SMILES string of the molecule is CC(C)(C)c1ccc([S+]2CCCC2)cc1.O=S(=O)([O-])CCCC(F)(F)F. The lowest BCUT2D eigenvalue weighted by atomic mass is 9.87. The van der Waals surface area contributed by atoms with E-state index in [0.717, 1.165) is 0 Å². The van der Waals surface area contributed by atoms with Crippen molar-refractivity contribution < 1.29 is 26.1 Å². The van der Waals surface area contributed by atoms with Gasteiger partial charge in [0.25, 0.3) is 0 Å². The average Bonchev–Trinajstić information content (AvgIpc) is 2.98. The fourth-order valence-electron chi connectivity index (χ4n) is 2.49. The molecule has 0 aliphatic carbocycles. The van der Waals surface area contributed by atoms with Gasteiger partial charge in [0.05, 0.1) is 10.1 Å². The quantitative estimate of drug-likeness (QED) is 0.535. The van der Waals surface area contributed by atoms with Crippen LogP contribution in [-0.4, -0.2) is 36.4 Å². The van der Waals surface area contributed by atoms with Crippen LogP contribution in [-0.2, 0) is 26.4 Å². The van der Waals surface area contributed by atoms with Crippen LogP contribution in [0.2, 0.25) is 0 Å². The normalized spacial score (nSPS) is 16.3. The van der Waals surface area contributed by atoms with E-state index in [1.165, 1.54) is 29.9 Å². The van der Waals surface area contributed by atoms with Gasteiger partial charge >= 0.3 is 6.18 Å². The molecule has 0 radical (unpaired) electrons.